The number of para-hydroxylation sites is 1. The average Bonchev–Trinajstić information content (AvgIpc) is 3.37. The number of nitrogens with one attached hydrogen (secondary N) is 2. The van der Waals surface area contributed by atoms with Gasteiger partial charge in [0.15, 0.2) is 0 Å². The van der Waals surface area contributed by atoms with Crippen LogP contribution in [0, 0.1) is 25.7 Å². The molecule has 186 valence electrons. The van der Waals surface area contributed by atoms with Crippen LogP contribution in [0.5, 0.6) is 0 Å². The first-order valence-electron chi connectivity index (χ1n) is 12.4. The zero-order valence-electron chi connectivity index (χ0n) is 20.8. The zero-order valence-corrected chi connectivity index (χ0v) is 21.6. The first kappa shape index (κ1) is 25.0. The maximum Gasteiger partial charge on any atom is 0.248 e. The lowest BCUT2D eigenvalue weighted by Crippen LogP contribution is -2.54. The molecule has 0 aliphatic carbocycles. The average molecular weight is 488 g/mol. The van der Waals surface area contributed by atoms with E-state index in [1.165, 1.54) is 0 Å². The SMILES string of the molecule is CCCNC(=O)[C@@H]1[C@H]2C(=O)N([C@@H](CC)CO)C(C(=O)Nc3c(C)cccc3C)C23CC[C@@]1(C)S3. The summed E-state index contributed by atoms with van der Waals surface area (Å²) < 4.78 is -1.06. The molecular formula is C26H37N3O4S. The van der Waals surface area contributed by atoms with Gasteiger partial charge >= 0.3 is 0 Å². The zero-order chi connectivity index (χ0) is 24.8. The molecule has 3 aliphatic rings. The van der Waals surface area contributed by atoms with Crippen molar-refractivity contribution in [3.05, 3.63) is 29.3 Å². The molecule has 34 heavy (non-hydrogen) atoms. The lowest BCUT2D eigenvalue weighted by atomic mass is 9.66. The molecule has 1 aromatic rings. The fraction of sp³-hybridized carbons (Fsp3) is 0.654. The minimum absolute atomic E-state index is 0.0930. The van der Waals surface area contributed by atoms with Crippen molar-refractivity contribution in [2.24, 2.45) is 11.8 Å². The van der Waals surface area contributed by atoms with Gasteiger partial charge in [-0.1, -0.05) is 32.0 Å². The van der Waals surface area contributed by atoms with E-state index in [1.807, 2.05) is 45.9 Å². The molecule has 4 rings (SSSR count). The number of aryl methyl sites for hydroxylation is 2. The molecule has 8 heteroatoms. The topological polar surface area (TPSA) is 98.7 Å². The maximum absolute atomic E-state index is 14.0. The first-order chi connectivity index (χ1) is 16.1. The van der Waals surface area contributed by atoms with Crippen molar-refractivity contribution < 1.29 is 19.5 Å². The van der Waals surface area contributed by atoms with Crippen LogP contribution in [-0.2, 0) is 14.4 Å². The summed E-state index contributed by atoms with van der Waals surface area (Å²) in [7, 11) is 0. The number of hydrogen-bond acceptors (Lipinski definition) is 5. The number of likely N-dealkylation sites (tertiary alicyclic amines) is 1. The molecule has 1 spiro atoms. The van der Waals surface area contributed by atoms with E-state index in [0.717, 1.165) is 29.7 Å². The molecule has 3 fully saturated rings. The van der Waals surface area contributed by atoms with Crippen molar-refractivity contribution in [1.82, 2.24) is 10.2 Å². The number of hydrogen-bond donors (Lipinski definition) is 3. The number of rotatable bonds is 8. The second kappa shape index (κ2) is 9.19. The molecule has 0 saturated carbocycles. The van der Waals surface area contributed by atoms with E-state index in [9.17, 15) is 19.5 Å². The van der Waals surface area contributed by atoms with E-state index in [1.54, 1.807) is 16.7 Å². The van der Waals surface area contributed by atoms with Crippen molar-refractivity contribution >= 4 is 35.2 Å². The molecule has 6 atom stereocenters. The maximum atomic E-state index is 14.0. The van der Waals surface area contributed by atoms with Crippen LogP contribution in [0.4, 0.5) is 5.69 Å². The highest BCUT2D eigenvalue weighted by Gasteiger charge is 2.77. The Bertz CT molecular complexity index is 976. The summed E-state index contributed by atoms with van der Waals surface area (Å²) in [6.45, 7) is 10.2. The van der Waals surface area contributed by atoms with Gasteiger partial charge in [0.05, 0.1) is 29.2 Å². The van der Waals surface area contributed by atoms with Gasteiger partial charge in [-0.2, -0.15) is 0 Å². The van der Waals surface area contributed by atoms with Crippen LogP contribution >= 0.6 is 11.8 Å². The van der Waals surface area contributed by atoms with Crippen LogP contribution in [-0.4, -0.2) is 62.5 Å². The number of aliphatic hydroxyl groups excluding tert-OH is 1. The Hall–Kier alpha value is -2.06. The standard InChI is InChI=1S/C26H37N3O4S/c1-6-13-27-22(31)18-19-24(33)29(17(7-2)14-30)21(26(19)12-11-25(18,5)34-26)23(32)28-20-15(3)9-8-10-16(20)4/h8-10,17-19,21,30H,6-7,11-14H2,1-5H3,(H,27,31)(H,28,32)/t17-,18-,19-,21?,25+,26?/m0/s1. The molecule has 2 unspecified atom stereocenters. The fourth-order valence-electron chi connectivity index (χ4n) is 6.43. The molecule has 0 aromatic heterocycles. The normalized spacial score (nSPS) is 32.6. The molecule has 2 bridgehead atoms. The highest BCUT2D eigenvalue weighted by molar-refractivity contribution is 8.02. The Balaban J connectivity index is 1.77. The summed E-state index contributed by atoms with van der Waals surface area (Å²) in [6, 6.07) is 4.66. The van der Waals surface area contributed by atoms with Crippen LogP contribution in [0.15, 0.2) is 18.2 Å². The van der Waals surface area contributed by atoms with E-state index in [4.69, 9.17) is 0 Å². The Labute approximate surface area is 206 Å². The van der Waals surface area contributed by atoms with Gasteiger partial charge < -0.3 is 20.6 Å². The largest absolute Gasteiger partial charge is 0.394 e. The summed E-state index contributed by atoms with van der Waals surface area (Å²) in [5.41, 5.74) is 2.68. The van der Waals surface area contributed by atoms with Gasteiger partial charge in [0.25, 0.3) is 0 Å². The number of carbonyl (C=O) groups excluding carboxylic acids is 3. The highest BCUT2D eigenvalue weighted by Crippen LogP contribution is 2.71. The smallest absolute Gasteiger partial charge is 0.248 e. The molecule has 0 radical (unpaired) electrons. The number of aliphatic hydroxyl groups is 1. The summed E-state index contributed by atoms with van der Waals surface area (Å²) in [5, 5.41) is 16.3. The number of anilines is 1. The monoisotopic (exact) mass is 487 g/mol. The Morgan fingerprint density at radius 1 is 1.21 bits per heavy atom. The number of nitrogens with zero attached hydrogens (tertiary/aromatic N) is 1. The quantitative estimate of drug-likeness (QED) is 0.524. The minimum atomic E-state index is -0.739. The van der Waals surface area contributed by atoms with Gasteiger partial charge in [-0.05, 0) is 57.6 Å². The lowest BCUT2D eigenvalue weighted by Gasteiger charge is -2.37. The van der Waals surface area contributed by atoms with Crippen LogP contribution in [0.25, 0.3) is 0 Å². The molecule has 3 heterocycles. The highest BCUT2D eigenvalue weighted by atomic mass is 32.2. The predicted octanol–water partition coefficient (Wildman–Crippen LogP) is 3.02. The molecule has 7 nitrogen and oxygen atoms in total. The Kier molecular flexibility index (Phi) is 6.77. The first-order valence-corrected chi connectivity index (χ1v) is 13.2. The van der Waals surface area contributed by atoms with Crippen molar-refractivity contribution in [3.63, 3.8) is 0 Å². The molecular weight excluding hydrogens is 450 g/mol. The van der Waals surface area contributed by atoms with E-state index in [2.05, 4.69) is 17.6 Å². The molecule has 3 aliphatic heterocycles. The number of benzene rings is 1. The van der Waals surface area contributed by atoms with Gasteiger partial charge in [0.2, 0.25) is 17.7 Å². The van der Waals surface area contributed by atoms with Gasteiger partial charge in [0.1, 0.15) is 6.04 Å². The number of amides is 3. The van der Waals surface area contributed by atoms with Crippen molar-refractivity contribution in [2.45, 2.75) is 81.9 Å². The molecule has 3 saturated heterocycles. The van der Waals surface area contributed by atoms with Gasteiger partial charge in [-0.25, -0.2) is 0 Å². The molecule has 3 N–H and O–H groups in total. The summed E-state index contributed by atoms with van der Waals surface area (Å²) in [6.07, 6.45) is 2.84. The number of fused-ring (bicyclic) bond motifs is 1. The van der Waals surface area contributed by atoms with Gasteiger partial charge in [0, 0.05) is 17.0 Å². The van der Waals surface area contributed by atoms with Gasteiger partial charge in [-0.15, -0.1) is 11.8 Å². The van der Waals surface area contributed by atoms with E-state index < -0.39 is 28.7 Å². The molecule has 3 amide bonds. The van der Waals surface area contributed by atoms with Crippen molar-refractivity contribution in [1.29, 1.82) is 0 Å². The summed E-state index contributed by atoms with van der Waals surface area (Å²) >= 11 is 1.66. The van der Waals surface area contributed by atoms with E-state index in [0.29, 0.717) is 19.4 Å². The second-order valence-electron chi connectivity index (χ2n) is 10.3. The Morgan fingerprint density at radius 3 is 2.47 bits per heavy atom. The van der Waals surface area contributed by atoms with Crippen LogP contribution < -0.4 is 10.6 Å². The lowest BCUT2D eigenvalue weighted by molar-refractivity contribution is -0.142. The second-order valence-corrected chi connectivity index (χ2v) is 12.2. The third-order valence-corrected chi connectivity index (χ3v) is 10.1. The fourth-order valence-corrected chi connectivity index (χ4v) is 8.78. The third kappa shape index (κ3) is 3.65. The predicted molar refractivity (Wildman–Crippen MR) is 135 cm³/mol. The third-order valence-electron chi connectivity index (χ3n) is 8.10. The van der Waals surface area contributed by atoms with Crippen molar-refractivity contribution in [2.75, 3.05) is 18.5 Å². The minimum Gasteiger partial charge on any atom is -0.394 e. The van der Waals surface area contributed by atoms with E-state index in [-0.39, 0.29) is 29.1 Å². The Morgan fingerprint density at radius 2 is 1.88 bits per heavy atom. The molecule has 1 aromatic carbocycles. The van der Waals surface area contributed by atoms with Crippen molar-refractivity contribution in [3.8, 4) is 0 Å². The number of carbonyl (C=O) groups is 3. The van der Waals surface area contributed by atoms with Crippen LogP contribution in [0.3, 0.4) is 0 Å². The van der Waals surface area contributed by atoms with Crippen LogP contribution in [0.2, 0.25) is 0 Å². The number of thioether (sulfide) groups is 1. The summed E-state index contributed by atoms with van der Waals surface area (Å²) in [4.78, 5) is 42.9. The van der Waals surface area contributed by atoms with Crippen LogP contribution in [0.1, 0.15) is 57.6 Å². The van der Waals surface area contributed by atoms with Gasteiger partial charge in [-0.3, -0.25) is 14.4 Å². The summed E-state index contributed by atoms with van der Waals surface area (Å²) in [5.74, 6) is -1.55. The van der Waals surface area contributed by atoms with E-state index >= 15 is 0 Å².